The van der Waals surface area contributed by atoms with Crippen LogP contribution in [0.2, 0.25) is 0 Å². The first kappa shape index (κ1) is 9.51. The molecule has 0 aromatic carbocycles. The van der Waals surface area contributed by atoms with E-state index >= 15 is 0 Å². The number of hydrogen-bond acceptors (Lipinski definition) is 4. The van der Waals surface area contributed by atoms with Crippen LogP contribution >= 0.6 is 0 Å². The van der Waals surface area contributed by atoms with Crippen molar-refractivity contribution in [3.8, 4) is 0 Å². The molecule has 4 nitrogen and oxygen atoms in total. The van der Waals surface area contributed by atoms with Crippen molar-refractivity contribution in [3.63, 3.8) is 0 Å². The van der Waals surface area contributed by atoms with Crippen molar-refractivity contribution >= 4 is 5.95 Å². The lowest BCUT2D eigenvalue weighted by atomic mass is 10.3. The molecular weight excluding hydrogens is 195 g/mol. The molecule has 2 heterocycles. The molecule has 0 atom stereocenters. The number of nitrogens with zero attached hydrogens (tertiary/aromatic N) is 3. The number of aromatic nitrogens is 3. The molecule has 15 heavy (non-hydrogen) atoms. The summed E-state index contributed by atoms with van der Waals surface area (Å²) in [5, 5.41) is 2.94. The highest BCUT2D eigenvalue weighted by Gasteiger charge is 1.97. The predicted octanol–water partition coefficient (Wildman–Crippen LogP) is 1.62. The van der Waals surface area contributed by atoms with Gasteiger partial charge in [0.15, 0.2) is 0 Å². The van der Waals surface area contributed by atoms with Crippen molar-refractivity contribution in [2.45, 2.75) is 6.54 Å². The lowest BCUT2D eigenvalue weighted by molar-refractivity contribution is 0.577. The third-order valence-electron chi connectivity index (χ3n) is 1.77. The molecule has 0 aliphatic carbocycles. The normalized spacial score (nSPS) is 9.93. The highest BCUT2D eigenvalue weighted by molar-refractivity contribution is 5.23. The summed E-state index contributed by atoms with van der Waals surface area (Å²) in [6, 6.07) is 6.39. The van der Waals surface area contributed by atoms with Crippen LogP contribution in [0.3, 0.4) is 0 Å². The minimum absolute atomic E-state index is 0.405. The first-order valence-corrected chi connectivity index (χ1v) is 4.47. The van der Waals surface area contributed by atoms with Gasteiger partial charge in [-0.25, -0.2) is 15.0 Å². The monoisotopic (exact) mass is 204 g/mol. The highest BCUT2D eigenvalue weighted by Crippen LogP contribution is 2.01. The van der Waals surface area contributed by atoms with Gasteiger partial charge in [-0.05, 0) is 18.2 Å². The summed E-state index contributed by atoms with van der Waals surface area (Å²) in [6.45, 7) is 0.405. The Bertz CT molecular complexity index is 432. The van der Waals surface area contributed by atoms with E-state index in [1.165, 1.54) is 6.07 Å². The molecule has 0 aliphatic rings. The summed E-state index contributed by atoms with van der Waals surface area (Å²) in [5.41, 5.74) is 0.613. The van der Waals surface area contributed by atoms with Crippen LogP contribution in [0.15, 0.2) is 36.7 Å². The summed E-state index contributed by atoms with van der Waals surface area (Å²) in [7, 11) is 0. The smallest absolute Gasteiger partial charge is 0.222 e. The average Bonchev–Trinajstić information content (AvgIpc) is 2.28. The van der Waals surface area contributed by atoms with Gasteiger partial charge in [0.2, 0.25) is 11.9 Å². The second kappa shape index (κ2) is 4.45. The first-order valence-electron chi connectivity index (χ1n) is 4.47. The van der Waals surface area contributed by atoms with E-state index in [1.807, 2.05) is 0 Å². The molecule has 0 aliphatic heterocycles. The maximum Gasteiger partial charge on any atom is 0.222 e. The molecule has 0 saturated carbocycles. The Hall–Kier alpha value is -2.04. The van der Waals surface area contributed by atoms with Crippen LogP contribution < -0.4 is 5.32 Å². The lowest BCUT2D eigenvalue weighted by Gasteiger charge is -2.02. The Morgan fingerprint density at radius 1 is 1.13 bits per heavy atom. The molecule has 1 N–H and O–H groups in total. The van der Waals surface area contributed by atoms with Crippen molar-refractivity contribution in [2.75, 3.05) is 5.32 Å². The maximum absolute atomic E-state index is 12.7. The van der Waals surface area contributed by atoms with Crippen molar-refractivity contribution in [1.82, 2.24) is 15.0 Å². The largest absolute Gasteiger partial charge is 0.349 e. The van der Waals surface area contributed by atoms with E-state index in [9.17, 15) is 4.39 Å². The quantitative estimate of drug-likeness (QED) is 0.772. The van der Waals surface area contributed by atoms with Crippen LogP contribution in [0, 0.1) is 5.95 Å². The zero-order valence-electron chi connectivity index (χ0n) is 7.89. The fraction of sp³-hybridized carbons (Fsp3) is 0.100. The Morgan fingerprint density at radius 3 is 2.67 bits per heavy atom. The minimum Gasteiger partial charge on any atom is -0.349 e. The van der Waals surface area contributed by atoms with Gasteiger partial charge in [0, 0.05) is 12.4 Å². The number of nitrogens with one attached hydrogen (secondary N) is 1. The average molecular weight is 204 g/mol. The fourth-order valence-electron chi connectivity index (χ4n) is 1.11. The van der Waals surface area contributed by atoms with Crippen LogP contribution in [0.4, 0.5) is 10.3 Å². The van der Waals surface area contributed by atoms with Crippen molar-refractivity contribution < 1.29 is 4.39 Å². The molecular formula is C10H9FN4. The second-order valence-corrected chi connectivity index (χ2v) is 2.88. The van der Waals surface area contributed by atoms with E-state index in [0.29, 0.717) is 18.2 Å². The molecule has 2 rings (SSSR count). The van der Waals surface area contributed by atoms with Gasteiger partial charge in [0.05, 0.1) is 12.2 Å². The Balaban J connectivity index is 1.99. The zero-order chi connectivity index (χ0) is 10.5. The lowest BCUT2D eigenvalue weighted by Crippen LogP contribution is -2.04. The number of pyridine rings is 1. The van der Waals surface area contributed by atoms with Gasteiger partial charge in [0.1, 0.15) is 0 Å². The fourth-order valence-corrected chi connectivity index (χ4v) is 1.11. The Kier molecular flexibility index (Phi) is 2.82. The van der Waals surface area contributed by atoms with Gasteiger partial charge in [-0.15, -0.1) is 0 Å². The van der Waals surface area contributed by atoms with Gasteiger partial charge >= 0.3 is 0 Å². The Morgan fingerprint density at radius 2 is 1.93 bits per heavy atom. The standard InChI is InChI=1S/C10H9FN4/c11-9-4-1-3-8(15-9)7-14-10-12-5-2-6-13-10/h1-6H,7H2,(H,12,13,14). The second-order valence-electron chi connectivity index (χ2n) is 2.88. The number of hydrogen-bond donors (Lipinski definition) is 1. The highest BCUT2D eigenvalue weighted by atomic mass is 19.1. The molecule has 0 saturated heterocycles. The van der Waals surface area contributed by atoms with Crippen LogP contribution in [-0.2, 0) is 6.54 Å². The van der Waals surface area contributed by atoms with E-state index in [2.05, 4.69) is 20.3 Å². The third kappa shape index (κ3) is 2.70. The topological polar surface area (TPSA) is 50.7 Å². The number of halogens is 1. The van der Waals surface area contributed by atoms with Crippen molar-refractivity contribution in [3.05, 3.63) is 48.3 Å². The van der Waals surface area contributed by atoms with E-state index < -0.39 is 5.95 Å². The number of anilines is 1. The van der Waals surface area contributed by atoms with E-state index in [1.54, 1.807) is 30.6 Å². The van der Waals surface area contributed by atoms with Gasteiger partial charge in [-0.2, -0.15) is 4.39 Å². The first-order chi connectivity index (χ1) is 7.34. The summed E-state index contributed by atoms with van der Waals surface area (Å²) in [4.78, 5) is 11.6. The van der Waals surface area contributed by atoms with Crippen LogP contribution in [0.5, 0.6) is 0 Å². The molecule has 2 aromatic heterocycles. The molecule has 0 bridgehead atoms. The van der Waals surface area contributed by atoms with E-state index in [-0.39, 0.29) is 0 Å². The van der Waals surface area contributed by atoms with Gasteiger partial charge in [0.25, 0.3) is 0 Å². The predicted molar refractivity (Wildman–Crippen MR) is 53.6 cm³/mol. The minimum atomic E-state index is -0.483. The zero-order valence-corrected chi connectivity index (χ0v) is 7.89. The van der Waals surface area contributed by atoms with Crippen molar-refractivity contribution in [1.29, 1.82) is 0 Å². The summed E-state index contributed by atoms with van der Waals surface area (Å²) >= 11 is 0. The van der Waals surface area contributed by atoms with Crippen LogP contribution in [0.1, 0.15) is 5.69 Å². The SMILES string of the molecule is Fc1cccc(CNc2ncccn2)n1. The molecule has 76 valence electrons. The molecule has 0 unspecified atom stereocenters. The van der Waals surface area contributed by atoms with Gasteiger partial charge < -0.3 is 5.32 Å². The number of rotatable bonds is 3. The summed E-state index contributed by atoms with van der Waals surface area (Å²) in [6.07, 6.45) is 3.27. The molecule has 0 spiro atoms. The van der Waals surface area contributed by atoms with Gasteiger partial charge in [-0.3, -0.25) is 0 Å². The third-order valence-corrected chi connectivity index (χ3v) is 1.77. The summed E-state index contributed by atoms with van der Waals surface area (Å²) in [5.74, 6) is 0.0202. The molecule has 2 aromatic rings. The van der Waals surface area contributed by atoms with E-state index in [0.717, 1.165) is 0 Å². The van der Waals surface area contributed by atoms with Crippen molar-refractivity contribution in [2.24, 2.45) is 0 Å². The Labute approximate surface area is 86.2 Å². The molecule has 0 radical (unpaired) electrons. The summed E-state index contributed by atoms with van der Waals surface area (Å²) < 4.78 is 12.7. The van der Waals surface area contributed by atoms with Gasteiger partial charge in [-0.1, -0.05) is 6.07 Å². The molecule has 0 amide bonds. The van der Waals surface area contributed by atoms with E-state index in [4.69, 9.17) is 0 Å². The van der Waals surface area contributed by atoms with Crippen LogP contribution in [-0.4, -0.2) is 15.0 Å². The van der Waals surface area contributed by atoms with Crippen LogP contribution in [0.25, 0.3) is 0 Å². The molecule has 5 heteroatoms. The maximum atomic E-state index is 12.7. The molecule has 0 fully saturated rings.